The molecule has 1 unspecified atom stereocenters. The smallest absolute Gasteiger partial charge is 0.249 e. The van der Waals surface area contributed by atoms with Gasteiger partial charge in [-0.05, 0) is 43.2 Å². The average Bonchev–Trinajstić information content (AvgIpc) is 3.05. The van der Waals surface area contributed by atoms with Crippen molar-refractivity contribution in [1.29, 1.82) is 0 Å². The number of fused-ring (bicyclic) bond motifs is 2. The maximum atomic E-state index is 12.8. The fourth-order valence-electron chi connectivity index (χ4n) is 3.23. The minimum atomic E-state index is -0.329. The molecular weight excluding hydrogens is 298 g/mol. The van der Waals surface area contributed by atoms with E-state index in [1.807, 2.05) is 66.4 Å². The molecule has 0 aliphatic carbocycles. The van der Waals surface area contributed by atoms with Crippen LogP contribution in [0.3, 0.4) is 0 Å². The fraction of sp³-hybridized carbons (Fsp3) is 0.200. The number of nitrogens with one attached hydrogen (secondary N) is 1. The van der Waals surface area contributed by atoms with Gasteiger partial charge in [-0.1, -0.05) is 36.4 Å². The fourth-order valence-corrected chi connectivity index (χ4v) is 3.23. The van der Waals surface area contributed by atoms with Crippen LogP contribution in [0.2, 0.25) is 0 Å². The third-order valence-corrected chi connectivity index (χ3v) is 4.49. The predicted octanol–water partition coefficient (Wildman–Crippen LogP) is 3.62. The molecule has 4 rings (SSSR count). The second kappa shape index (κ2) is 5.96. The summed E-state index contributed by atoms with van der Waals surface area (Å²) < 4.78 is 0. The van der Waals surface area contributed by atoms with Gasteiger partial charge in [0.15, 0.2) is 0 Å². The maximum Gasteiger partial charge on any atom is 0.249 e. The van der Waals surface area contributed by atoms with E-state index >= 15 is 0 Å². The van der Waals surface area contributed by atoms with Gasteiger partial charge in [-0.15, -0.1) is 0 Å². The summed E-state index contributed by atoms with van der Waals surface area (Å²) in [6.45, 7) is 2.63. The average molecular weight is 317 g/mol. The SMILES string of the molecule is CC(Nc1ccc2ccccc2n1)C(=O)N1CCc2ccccc21. The van der Waals surface area contributed by atoms with Crippen molar-refractivity contribution in [3.63, 3.8) is 0 Å². The minimum Gasteiger partial charge on any atom is -0.359 e. The molecule has 24 heavy (non-hydrogen) atoms. The van der Waals surface area contributed by atoms with Crippen molar-refractivity contribution in [2.24, 2.45) is 0 Å². The number of para-hydroxylation sites is 2. The third kappa shape index (κ3) is 2.60. The van der Waals surface area contributed by atoms with Gasteiger partial charge in [0.2, 0.25) is 5.91 Å². The standard InChI is InChI=1S/C20H19N3O/c1-14(20(24)23-13-12-16-7-3-5-9-18(16)23)21-19-11-10-15-6-2-4-8-17(15)22-19/h2-11,14H,12-13H2,1H3,(H,21,22). The minimum absolute atomic E-state index is 0.0786. The summed E-state index contributed by atoms with van der Waals surface area (Å²) >= 11 is 0. The lowest BCUT2D eigenvalue weighted by molar-refractivity contribution is -0.118. The van der Waals surface area contributed by atoms with E-state index < -0.39 is 0 Å². The second-order valence-electron chi connectivity index (χ2n) is 6.12. The van der Waals surface area contributed by atoms with E-state index in [0.29, 0.717) is 0 Å². The Morgan fingerprint density at radius 1 is 1.08 bits per heavy atom. The van der Waals surface area contributed by atoms with Crippen molar-refractivity contribution in [3.8, 4) is 0 Å². The normalized spacial score (nSPS) is 14.5. The highest BCUT2D eigenvalue weighted by molar-refractivity contribution is 6.00. The second-order valence-corrected chi connectivity index (χ2v) is 6.12. The largest absolute Gasteiger partial charge is 0.359 e. The molecule has 1 N–H and O–H groups in total. The highest BCUT2D eigenvalue weighted by Crippen LogP contribution is 2.28. The maximum absolute atomic E-state index is 12.8. The zero-order valence-electron chi connectivity index (χ0n) is 13.6. The monoisotopic (exact) mass is 317 g/mol. The van der Waals surface area contributed by atoms with Crippen LogP contribution in [0.25, 0.3) is 10.9 Å². The first-order valence-corrected chi connectivity index (χ1v) is 8.24. The van der Waals surface area contributed by atoms with Gasteiger partial charge in [0.1, 0.15) is 11.9 Å². The van der Waals surface area contributed by atoms with Gasteiger partial charge in [-0.25, -0.2) is 4.98 Å². The molecule has 0 fully saturated rings. The summed E-state index contributed by atoms with van der Waals surface area (Å²) in [5.74, 6) is 0.803. The van der Waals surface area contributed by atoms with Crippen molar-refractivity contribution < 1.29 is 4.79 Å². The van der Waals surface area contributed by atoms with Crippen LogP contribution in [0.15, 0.2) is 60.7 Å². The number of carbonyl (C=O) groups is 1. The van der Waals surface area contributed by atoms with Crippen molar-refractivity contribution in [2.45, 2.75) is 19.4 Å². The quantitative estimate of drug-likeness (QED) is 0.802. The molecular formula is C20H19N3O. The Balaban J connectivity index is 1.53. The van der Waals surface area contributed by atoms with E-state index in [9.17, 15) is 4.79 Å². The first kappa shape index (κ1) is 14.7. The van der Waals surface area contributed by atoms with Crippen molar-refractivity contribution in [2.75, 3.05) is 16.8 Å². The molecule has 0 bridgehead atoms. The molecule has 1 aliphatic rings. The lowest BCUT2D eigenvalue weighted by Crippen LogP contribution is -2.40. The number of carbonyl (C=O) groups excluding carboxylic acids is 1. The molecule has 4 nitrogen and oxygen atoms in total. The van der Waals surface area contributed by atoms with Crippen LogP contribution in [0, 0.1) is 0 Å². The van der Waals surface area contributed by atoms with Crippen LogP contribution in [-0.2, 0) is 11.2 Å². The summed E-state index contributed by atoms with van der Waals surface area (Å²) in [6.07, 6.45) is 0.920. The molecule has 1 aromatic heterocycles. The highest BCUT2D eigenvalue weighted by atomic mass is 16.2. The van der Waals surface area contributed by atoms with Crippen LogP contribution in [-0.4, -0.2) is 23.5 Å². The Bertz CT molecular complexity index is 906. The molecule has 3 aromatic rings. The Kier molecular flexibility index (Phi) is 3.65. The summed E-state index contributed by atoms with van der Waals surface area (Å²) in [4.78, 5) is 19.3. The molecule has 0 saturated carbocycles. The van der Waals surface area contributed by atoms with Crippen LogP contribution in [0.1, 0.15) is 12.5 Å². The van der Waals surface area contributed by atoms with E-state index in [2.05, 4.69) is 16.4 Å². The molecule has 0 saturated heterocycles. The number of nitrogens with zero attached hydrogens (tertiary/aromatic N) is 2. The number of hydrogen-bond donors (Lipinski definition) is 1. The number of pyridine rings is 1. The van der Waals surface area contributed by atoms with Gasteiger partial charge in [0.25, 0.3) is 0 Å². The molecule has 1 atom stereocenters. The Morgan fingerprint density at radius 3 is 2.79 bits per heavy atom. The first-order chi connectivity index (χ1) is 11.7. The van der Waals surface area contributed by atoms with E-state index in [-0.39, 0.29) is 11.9 Å². The van der Waals surface area contributed by atoms with Gasteiger partial charge in [0.05, 0.1) is 5.52 Å². The van der Waals surface area contributed by atoms with Crippen LogP contribution in [0.4, 0.5) is 11.5 Å². The zero-order chi connectivity index (χ0) is 16.5. The Labute approximate surface area is 141 Å². The van der Waals surface area contributed by atoms with Gasteiger partial charge < -0.3 is 10.2 Å². The molecule has 2 aromatic carbocycles. The number of rotatable bonds is 3. The van der Waals surface area contributed by atoms with Crippen molar-refractivity contribution in [3.05, 3.63) is 66.2 Å². The zero-order valence-corrected chi connectivity index (χ0v) is 13.6. The molecule has 0 spiro atoms. The summed E-state index contributed by atoms with van der Waals surface area (Å²) in [5, 5.41) is 4.33. The van der Waals surface area contributed by atoms with Crippen molar-refractivity contribution in [1.82, 2.24) is 4.98 Å². The number of hydrogen-bond acceptors (Lipinski definition) is 3. The van der Waals surface area contributed by atoms with E-state index in [1.165, 1.54) is 5.56 Å². The number of aromatic nitrogens is 1. The molecule has 120 valence electrons. The van der Waals surface area contributed by atoms with Crippen LogP contribution in [0.5, 0.6) is 0 Å². The first-order valence-electron chi connectivity index (χ1n) is 8.24. The van der Waals surface area contributed by atoms with Gasteiger partial charge in [0, 0.05) is 17.6 Å². The predicted molar refractivity (Wildman–Crippen MR) is 97.3 cm³/mol. The summed E-state index contributed by atoms with van der Waals surface area (Å²) in [5.41, 5.74) is 3.19. The lowest BCUT2D eigenvalue weighted by atomic mass is 10.2. The van der Waals surface area contributed by atoms with Gasteiger partial charge in [-0.2, -0.15) is 0 Å². The van der Waals surface area contributed by atoms with Crippen LogP contribution >= 0.6 is 0 Å². The molecule has 1 amide bonds. The molecule has 4 heteroatoms. The summed E-state index contributed by atoms with van der Waals surface area (Å²) in [7, 11) is 0. The number of amides is 1. The molecule has 2 heterocycles. The van der Waals surface area contributed by atoms with E-state index in [4.69, 9.17) is 0 Å². The molecule has 1 aliphatic heterocycles. The number of anilines is 2. The Hall–Kier alpha value is -2.88. The van der Waals surface area contributed by atoms with Gasteiger partial charge in [-0.3, -0.25) is 4.79 Å². The van der Waals surface area contributed by atoms with Crippen molar-refractivity contribution >= 4 is 28.3 Å². The summed E-state index contributed by atoms with van der Waals surface area (Å²) in [6, 6.07) is 19.7. The van der Waals surface area contributed by atoms with Gasteiger partial charge >= 0.3 is 0 Å². The highest BCUT2D eigenvalue weighted by Gasteiger charge is 2.27. The number of benzene rings is 2. The topological polar surface area (TPSA) is 45.2 Å². The van der Waals surface area contributed by atoms with E-state index in [1.54, 1.807) is 0 Å². The lowest BCUT2D eigenvalue weighted by Gasteiger charge is -2.22. The Morgan fingerprint density at radius 2 is 1.88 bits per heavy atom. The van der Waals surface area contributed by atoms with E-state index in [0.717, 1.165) is 35.4 Å². The van der Waals surface area contributed by atoms with Crippen LogP contribution < -0.4 is 10.2 Å². The third-order valence-electron chi connectivity index (χ3n) is 4.49. The molecule has 0 radical (unpaired) electrons.